The van der Waals surface area contributed by atoms with Gasteiger partial charge in [-0.05, 0) is 30.3 Å². The van der Waals surface area contributed by atoms with Crippen molar-refractivity contribution in [1.82, 2.24) is 0 Å². The van der Waals surface area contributed by atoms with Crippen molar-refractivity contribution in [3.05, 3.63) is 57.5 Å². The van der Waals surface area contributed by atoms with Crippen LogP contribution in [0.5, 0.6) is 11.5 Å². The van der Waals surface area contributed by atoms with Gasteiger partial charge in [0.05, 0.1) is 10.0 Å². The van der Waals surface area contributed by atoms with E-state index in [1.54, 1.807) is 36.4 Å². The molecule has 0 aromatic heterocycles. The number of hydrogen-bond donors (Lipinski definition) is 0. The van der Waals surface area contributed by atoms with E-state index in [4.69, 9.17) is 39.5 Å². The van der Waals surface area contributed by atoms with Crippen LogP contribution in [0, 0.1) is 6.07 Å². The molecule has 0 heterocycles. The Morgan fingerprint density at radius 3 is 2.50 bits per heavy atom. The summed E-state index contributed by atoms with van der Waals surface area (Å²) in [6.07, 6.45) is 0. The molecule has 4 heteroatoms. The maximum atomic E-state index is 5.96. The zero-order valence-electron chi connectivity index (χ0n) is 8.01. The molecule has 2 rings (SSSR count). The molecule has 0 unspecified atom stereocenters. The van der Waals surface area contributed by atoms with E-state index in [0.717, 1.165) is 0 Å². The van der Waals surface area contributed by atoms with Crippen molar-refractivity contribution in [2.75, 3.05) is 0 Å². The van der Waals surface area contributed by atoms with E-state index < -0.39 is 0 Å². The monoisotopic (exact) mass is 271 g/mol. The van der Waals surface area contributed by atoms with Crippen LogP contribution >= 0.6 is 34.8 Å². The summed E-state index contributed by atoms with van der Waals surface area (Å²) in [7, 11) is 0. The van der Waals surface area contributed by atoms with Gasteiger partial charge in [-0.15, -0.1) is 0 Å². The summed E-state index contributed by atoms with van der Waals surface area (Å²) in [4.78, 5) is 0. The zero-order valence-corrected chi connectivity index (χ0v) is 10.3. The Kier molecular flexibility index (Phi) is 3.59. The molecule has 16 heavy (non-hydrogen) atoms. The molecular weight excluding hydrogens is 266 g/mol. The van der Waals surface area contributed by atoms with Crippen molar-refractivity contribution in [1.29, 1.82) is 0 Å². The van der Waals surface area contributed by atoms with Crippen LogP contribution in [0.25, 0.3) is 0 Å². The highest BCUT2D eigenvalue weighted by Crippen LogP contribution is 2.34. The topological polar surface area (TPSA) is 9.23 Å². The Morgan fingerprint density at radius 1 is 0.938 bits per heavy atom. The van der Waals surface area contributed by atoms with Crippen LogP contribution in [0.15, 0.2) is 36.4 Å². The maximum absolute atomic E-state index is 5.96. The minimum atomic E-state index is 0.471. The second-order valence-corrected chi connectivity index (χ2v) is 4.28. The zero-order chi connectivity index (χ0) is 11.5. The van der Waals surface area contributed by atoms with Gasteiger partial charge in [-0.1, -0.05) is 40.9 Å². The van der Waals surface area contributed by atoms with Crippen LogP contribution in [0.2, 0.25) is 15.1 Å². The van der Waals surface area contributed by atoms with E-state index in [9.17, 15) is 0 Å². The number of benzene rings is 2. The van der Waals surface area contributed by atoms with E-state index in [1.165, 1.54) is 0 Å². The fourth-order valence-corrected chi connectivity index (χ4v) is 1.64. The molecule has 0 saturated heterocycles. The smallest absolute Gasteiger partial charge is 0.147 e. The van der Waals surface area contributed by atoms with Crippen LogP contribution in [-0.4, -0.2) is 0 Å². The van der Waals surface area contributed by atoms with Gasteiger partial charge in [0.15, 0.2) is 0 Å². The van der Waals surface area contributed by atoms with Crippen molar-refractivity contribution >= 4 is 34.8 Å². The van der Waals surface area contributed by atoms with E-state index in [0.29, 0.717) is 26.6 Å². The number of halogens is 3. The molecule has 0 saturated carbocycles. The van der Waals surface area contributed by atoms with Crippen LogP contribution in [0.1, 0.15) is 0 Å². The van der Waals surface area contributed by atoms with Gasteiger partial charge in [0.1, 0.15) is 11.5 Å². The highest BCUT2D eigenvalue weighted by molar-refractivity contribution is 6.34. The van der Waals surface area contributed by atoms with E-state index >= 15 is 0 Å². The summed E-state index contributed by atoms with van der Waals surface area (Å²) < 4.78 is 5.55. The van der Waals surface area contributed by atoms with Crippen LogP contribution in [-0.2, 0) is 0 Å². The summed E-state index contributed by atoms with van der Waals surface area (Å²) in [6.45, 7) is 0. The molecule has 0 amide bonds. The number of rotatable bonds is 2. The average Bonchev–Trinajstić information content (AvgIpc) is 2.27. The maximum Gasteiger partial charge on any atom is 0.147 e. The number of hydrogen-bond acceptors (Lipinski definition) is 1. The molecule has 81 valence electrons. The van der Waals surface area contributed by atoms with Crippen LogP contribution in [0.4, 0.5) is 0 Å². The molecule has 1 radical (unpaired) electrons. The first-order valence-corrected chi connectivity index (χ1v) is 5.59. The third-order valence-corrected chi connectivity index (χ3v) is 2.73. The quantitative estimate of drug-likeness (QED) is 0.726. The van der Waals surface area contributed by atoms with E-state index in [2.05, 4.69) is 6.07 Å². The SMILES string of the molecule is Clc1ccc(Cl)c(Oc2cc[c]cc2Cl)c1. The first-order valence-electron chi connectivity index (χ1n) is 4.45. The Labute approximate surface area is 109 Å². The summed E-state index contributed by atoms with van der Waals surface area (Å²) in [6, 6.07) is 12.9. The first kappa shape index (κ1) is 11.6. The lowest BCUT2D eigenvalue weighted by atomic mass is 10.3. The molecule has 0 atom stereocenters. The fourth-order valence-electron chi connectivity index (χ4n) is 1.15. The highest BCUT2D eigenvalue weighted by atomic mass is 35.5. The van der Waals surface area contributed by atoms with E-state index in [1.807, 2.05) is 0 Å². The molecule has 2 aromatic rings. The molecule has 0 aliphatic carbocycles. The third-order valence-electron chi connectivity index (χ3n) is 1.89. The van der Waals surface area contributed by atoms with Crippen molar-refractivity contribution in [2.24, 2.45) is 0 Å². The van der Waals surface area contributed by atoms with Crippen LogP contribution in [0.3, 0.4) is 0 Å². The van der Waals surface area contributed by atoms with Crippen molar-refractivity contribution < 1.29 is 4.74 Å². The summed E-state index contributed by atoms with van der Waals surface area (Å²) in [5.41, 5.74) is 0. The molecular formula is C12H6Cl3O. The van der Waals surface area contributed by atoms with Gasteiger partial charge in [-0.25, -0.2) is 0 Å². The molecule has 0 spiro atoms. The second-order valence-electron chi connectivity index (χ2n) is 3.03. The summed E-state index contributed by atoms with van der Waals surface area (Å²) in [5.74, 6) is 0.992. The van der Waals surface area contributed by atoms with Gasteiger partial charge in [0.25, 0.3) is 0 Å². The molecule has 0 bridgehead atoms. The lowest BCUT2D eigenvalue weighted by Crippen LogP contribution is -1.86. The van der Waals surface area contributed by atoms with Crippen LogP contribution < -0.4 is 4.74 Å². The number of ether oxygens (including phenoxy) is 1. The second kappa shape index (κ2) is 4.96. The normalized spacial score (nSPS) is 10.2. The predicted molar refractivity (Wildman–Crippen MR) is 66.8 cm³/mol. The predicted octanol–water partition coefficient (Wildman–Crippen LogP) is 5.24. The lowest BCUT2D eigenvalue weighted by Gasteiger charge is -2.08. The van der Waals surface area contributed by atoms with Gasteiger partial charge in [0.2, 0.25) is 0 Å². The van der Waals surface area contributed by atoms with Crippen molar-refractivity contribution in [3.63, 3.8) is 0 Å². The fraction of sp³-hybridized carbons (Fsp3) is 0. The largest absolute Gasteiger partial charge is 0.454 e. The Morgan fingerprint density at radius 2 is 1.75 bits per heavy atom. The van der Waals surface area contributed by atoms with E-state index in [-0.39, 0.29) is 0 Å². The standard InChI is InChI=1S/C12H6Cl3O/c13-8-5-6-10(15)12(7-8)16-11-4-2-1-3-9(11)14/h2-7H. The third kappa shape index (κ3) is 2.62. The Balaban J connectivity index is 2.34. The molecule has 0 fully saturated rings. The Hall–Kier alpha value is -0.890. The Bertz CT molecular complexity index is 511. The van der Waals surface area contributed by atoms with Crippen molar-refractivity contribution in [3.8, 4) is 11.5 Å². The first-order chi connectivity index (χ1) is 7.66. The minimum Gasteiger partial charge on any atom is -0.454 e. The van der Waals surface area contributed by atoms with Gasteiger partial charge in [-0.3, -0.25) is 0 Å². The van der Waals surface area contributed by atoms with Gasteiger partial charge in [-0.2, -0.15) is 0 Å². The molecule has 1 nitrogen and oxygen atoms in total. The average molecular weight is 273 g/mol. The summed E-state index contributed by atoms with van der Waals surface area (Å²) in [5, 5.41) is 1.50. The highest BCUT2D eigenvalue weighted by Gasteiger charge is 2.06. The molecule has 0 aliphatic rings. The van der Waals surface area contributed by atoms with Gasteiger partial charge in [0, 0.05) is 11.1 Å². The molecule has 0 N–H and O–H groups in total. The van der Waals surface area contributed by atoms with Gasteiger partial charge >= 0.3 is 0 Å². The van der Waals surface area contributed by atoms with Crippen molar-refractivity contribution in [2.45, 2.75) is 0 Å². The molecule has 0 aliphatic heterocycles. The summed E-state index contributed by atoms with van der Waals surface area (Å²) >= 11 is 17.7. The van der Waals surface area contributed by atoms with Gasteiger partial charge < -0.3 is 4.74 Å². The lowest BCUT2D eigenvalue weighted by molar-refractivity contribution is 0.483. The molecule has 2 aromatic carbocycles. The minimum absolute atomic E-state index is 0.471.